The van der Waals surface area contributed by atoms with Crippen molar-refractivity contribution in [1.82, 2.24) is 4.90 Å². The maximum Gasteiger partial charge on any atom is 0.315 e. The summed E-state index contributed by atoms with van der Waals surface area (Å²) in [5.74, 6) is -1.59. The zero-order chi connectivity index (χ0) is 12.3. The molecule has 1 aliphatic rings. The molecule has 1 aliphatic heterocycles. The second-order valence-electron chi connectivity index (χ2n) is 3.50. The molecule has 2 unspecified atom stereocenters. The predicted molar refractivity (Wildman–Crippen MR) is 55.7 cm³/mol. The molecular formula is C9H12BrF2NO3. The van der Waals surface area contributed by atoms with E-state index in [2.05, 4.69) is 15.9 Å². The Labute approximate surface area is 100 Å². The van der Waals surface area contributed by atoms with Crippen molar-refractivity contribution in [2.24, 2.45) is 0 Å². The van der Waals surface area contributed by atoms with Gasteiger partial charge in [-0.05, 0) is 0 Å². The number of ether oxygens (including phenoxy) is 1. The Morgan fingerprint density at radius 3 is 2.62 bits per heavy atom. The molecule has 1 amide bonds. The number of nitrogens with zero attached hydrogens (tertiary/aromatic N) is 1. The second-order valence-corrected chi connectivity index (χ2v) is 4.06. The minimum atomic E-state index is -3.08. The number of alkyl halides is 3. The quantitative estimate of drug-likeness (QED) is 0.723. The lowest BCUT2D eigenvalue weighted by atomic mass is 10.1. The molecule has 1 fully saturated rings. The standard InChI is InChI=1S/C9H12BrF2NO3/c1-16-5-2-6(7(14)3-10)13(4-5)9(15)8(11)12/h5-6,8H,2-4H2,1H3. The van der Waals surface area contributed by atoms with Crippen LogP contribution in [0.2, 0.25) is 0 Å². The average Bonchev–Trinajstić information content (AvgIpc) is 2.70. The number of amides is 1. The maximum atomic E-state index is 12.3. The van der Waals surface area contributed by atoms with Gasteiger partial charge in [0.15, 0.2) is 5.78 Å². The van der Waals surface area contributed by atoms with Crippen LogP contribution in [0.25, 0.3) is 0 Å². The summed E-state index contributed by atoms with van der Waals surface area (Å²) in [6, 6.07) is -0.800. The van der Waals surface area contributed by atoms with E-state index in [1.807, 2.05) is 0 Å². The lowest BCUT2D eigenvalue weighted by Gasteiger charge is -2.22. The molecule has 2 atom stereocenters. The summed E-state index contributed by atoms with van der Waals surface area (Å²) in [5.41, 5.74) is 0. The normalized spacial score (nSPS) is 25.2. The summed E-state index contributed by atoms with van der Waals surface area (Å²) in [5, 5.41) is 0.0428. The Bertz CT molecular complexity index is 288. The molecule has 92 valence electrons. The van der Waals surface area contributed by atoms with Crippen LogP contribution in [0.15, 0.2) is 0 Å². The van der Waals surface area contributed by atoms with E-state index in [1.54, 1.807) is 0 Å². The highest BCUT2D eigenvalue weighted by atomic mass is 79.9. The topological polar surface area (TPSA) is 46.6 Å². The summed E-state index contributed by atoms with van der Waals surface area (Å²) < 4.78 is 29.6. The number of hydrogen-bond acceptors (Lipinski definition) is 3. The highest BCUT2D eigenvalue weighted by Crippen LogP contribution is 2.23. The molecule has 16 heavy (non-hydrogen) atoms. The van der Waals surface area contributed by atoms with E-state index < -0.39 is 18.4 Å². The Morgan fingerprint density at radius 1 is 1.56 bits per heavy atom. The summed E-state index contributed by atoms with van der Waals surface area (Å²) in [6.07, 6.45) is -3.16. The zero-order valence-electron chi connectivity index (χ0n) is 8.66. The third kappa shape index (κ3) is 2.76. The van der Waals surface area contributed by atoms with Crippen molar-refractivity contribution in [3.05, 3.63) is 0 Å². The van der Waals surface area contributed by atoms with Gasteiger partial charge in [0.25, 0.3) is 5.91 Å². The number of hydrogen-bond donors (Lipinski definition) is 0. The molecule has 0 aromatic carbocycles. The first kappa shape index (κ1) is 13.5. The number of halogens is 3. The Kier molecular flexibility index (Phi) is 4.79. The fourth-order valence-electron chi connectivity index (χ4n) is 1.73. The van der Waals surface area contributed by atoms with Crippen molar-refractivity contribution >= 4 is 27.6 Å². The van der Waals surface area contributed by atoms with Crippen LogP contribution >= 0.6 is 15.9 Å². The molecule has 0 spiro atoms. The van der Waals surface area contributed by atoms with Gasteiger partial charge >= 0.3 is 6.43 Å². The second kappa shape index (κ2) is 5.67. The summed E-state index contributed by atoms with van der Waals surface area (Å²) in [7, 11) is 1.43. The van der Waals surface area contributed by atoms with Crippen molar-refractivity contribution in [3.63, 3.8) is 0 Å². The molecule has 7 heteroatoms. The molecule has 1 rings (SSSR count). The van der Waals surface area contributed by atoms with Crippen LogP contribution in [0.4, 0.5) is 8.78 Å². The smallest absolute Gasteiger partial charge is 0.315 e. The molecular weight excluding hydrogens is 288 g/mol. The fraction of sp³-hybridized carbons (Fsp3) is 0.778. The van der Waals surface area contributed by atoms with Crippen LogP contribution in [0, 0.1) is 0 Å². The molecule has 0 radical (unpaired) electrons. The first-order valence-electron chi connectivity index (χ1n) is 4.71. The van der Waals surface area contributed by atoms with Crippen LogP contribution in [-0.4, -0.2) is 54.1 Å². The van der Waals surface area contributed by atoms with Gasteiger partial charge in [0, 0.05) is 20.1 Å². The molecule has 0 aromatic rings. The Morgan fingerprint density at radius 2 is 2.19 bits per heavy atom. The van der Waals surface area contributed by atoms with Crippen molar-refractivity contribution in [3.8, 4) is 0 Å². The van der Waals surface area contributed by atoms with Crippen molar-refractivity contribution in [2.45, 2.75) is 25.0 Å². The first-order chi connectivity index (χ1) is 7.51. The van der Waals surface area contributed by atoms with E-state index in [4.69, 9.17) is 4.74 Å². The van der Waals surface area contributed by atoms with E-state index in [-0.39, 0.29) is 30.2 Å². The highest BCUT2D eigenvalue weighted by Gasteiger charge is 2.41. The van der Waals surface area contributed by atoms with Gasteiger partial charge in [-0.3, -0.25) is 9.59 Å². The number of Topliss-reactive ketones (excluding diaryl/α,β-unsaturated/α-hetero) is 1. The van der Waals surface area contributed by atoms with Crippen LogP contribution in [0.1, 0.15) is 6.42 Å². The van der Waals surface area contributed by atoms with Crippen LogP contribution in [-0.2, 0) is 14.3 Å². The summed E-state index contributed by atoms with van der Waals surface area (Å²) >= 11 is 2.96. The fourth-order valence-corrected chi connectivity index (χ4v) is 2.11. The van der Waals surface area contributed by atoms with E-state index >= 15 is 0 Å². The maximum absolute atomic E-state index is 12.3. The van der Waals surface area contributed by atoms with Gasteiger partial charge in [-0.25, -0.2) is 0 Å². The predicted octanol–water partition coefficient (Wildman–Crippen LogP) is 0.831. The largest absolute Gasteiger partial charge is 0.380 e. The van der Waals surface area contributed by atoms with Gasteiger partial charge in [-0.1, -0.05) is 15.9 Å². The van der Waals surface area contributed by atoms with Gasteiger partial charge in [-0.2, -0.15) is 8.78 Å². The highest BCUT2D eigenvalue weighted by molar-refractivity contribution is 9.09. The minimum Gasteiger partial charge on any atom is -0.380 e. The van der Waals surface area contributed by atoms with E-state index in [0.717, 1.165) is 4.90 Å². The number of methoxy groups -OCH3 is 1. The number of rotatable bonds is 4. The molecule has 1 heterocycles. The molecule has 4 nitrogen and oxygen atoms in total. The first-order valence-corrected chi connectivity index (χ1v) is 5.83. The number of carbonyl (C=O) groups excluding carboxylic acids is 2. The Hall–Kier alpha value is -0.560. The van der Waals surface area contributed by atoms with Crippen molar-refractivity contribution in [1.29, 1.82) is 0 Å². The minimum absolute atomic E-state index is 0.0428. The van der Waals surface area contributed by atoms with Crippen molar-refractivity contribution < 1.29 is 23.1 Å². The van der Waals surface area contributed by atoms with Crippen LogP contribution < -0.4 is 0 Å². The Balaban J connectivity index is 2.79. The molecule has 0 bridgehead atoms. The van der Waals surface area contributed by atoms with E-state index in [1.165, 1.54) is 7.11 Å². The lowest BCUT2D eigenvalue weighted by Crippen LogP contribution is -2.44. The van der Waals surface area contributed by atoms with Gasteiger partial charge < -0.3 is 9.64 Å². The lowest BCUT2D eigenvalue weighted by molar-refractivity contribution is -0.146. The summed E-state index contributed by atoms with van der Waals surface area (Å²) in [6.45, 7) is 0.0447. The molecule has 0 aliphatic carbocycles. The molecule has 0 saturated carbocycles. The van der Waals surface area contributed by atoms with Gasteiger partial charge in [0.05, 0.1) is 17.5 Å². The van der Waals surface area contributed by atoms with E-state index in [9.17, 15) is 18.4 Å². The van der Waals surface area contributed by atoms with Gasteiger partial charge in [0.1, 0.15) is 0 Å². The number of likely N-dealkylation sites (tertiary alicyclic amines) is 1. The SMILES string of the molecule is COC1CC(C(=O)CBr)N(C(=O)C(F)F)C1. The van der Waals surface area contributed by atoms with Gasteiger partial charge in [0.2, 0.25) is 0 Å². The van der Waals surface area contributed by atoms with Crippen molar-refractivity contribution in [2.75, 3.05) is 19.0 Å². The zero-order valence-corrected chi connectivity index (χ0v) is 10.2. The molecule has 0 aromatic heterocycles. The summed E-state index contributed by atoms with van der Waals surface area (Å²) in [4.78, 5) is 23.6. The third-order valence-corrected chi connectivity index (χ3v) is 3.12. The molecule has 1 saturated heterocycles. The van der Waals surface area contributed by atoms with Gasteiger partial charge in [-0.15, -0.1) is 0 Å². The number of carbonyl (C=O) groups is 2. The van der Waals surface area contributed by atoms with Crippen LogP contribution in [0.5, 0.6) is 0 Å². The monoisotopic (exact) mass is 299 g/mol. The number of ketones is 1. The van der Waals surface area contributed by atoms with E-state index in [0.29, 0.717) is 0 Å². The molecule has 0 N–H and O–H groups in total. The van der Waals surface area contributed by atoms with Crippen LogP contribution in [0.3, 0.4) is 0 Å². The third-order valence-electron chi connectivity index (χ3n) is 2.57. The average molecular weight is 300 g/mol.